The fraction of sp³-hybridized carbons (Fsp3) is 0.650. The standard InChI is InChI=1S/C20H30O/c1-2-3-4-5-6-7-8-13-20(21)19-15-14-17-11-9-10-12-18(17)16-19/h14-16H,2-13H2,1H3. The zero-order valence-electron chi connectivity index (χ0n) is 13.6. The van der Waals surface area contributed by atoms with Crippen LogP contribution in [-0.2, 0) is 12.8 Å². The van der Waals surface area contributed by atoms with Gasteiger partial charge in [0.15, 0.2) is 5.78 Å². The molecule has 21 heavy (non-hydrogen) atoms. The van der Waals surface area contributed by atoms with Gasteiger partial charge in [0, 0.05) is 12.0 Å². The van der Waals surface area contributed by atoms with E-state index in [4.69, 9.17) is 0 Å². The highest BCUT2D eigenvalue weighted by molar-refractivity contribution is 5.96. The Morgan fingerprint density at radius 2 is 1.57 bits per heavy atom. The van der Waals surface area contributed by atoms with Gasteiger partial charge in [-0.3, -0.25) is 4.79 Å². The van der Waals surface area contributed by atoms with Crippen LogP contribution in [-0.4, -0.2) is 5.78 Å². The number of ketones is 1. The van der Waals surface area contributed by atoms with Crippen molar-refractivity contribution < 1.29 is 4.79 Å². The molecule has 0 saturated heterocycles. The molecule has 1 aliphatic carbocycles. The largest absolute Gasteiger partial charge is 0.294 e. The maximum absolute atomic E-state index is 12.3. The molecule has 2 rings (SSSR count). The van der Waals surface area contributed by atoms with Gasteiger partial charge in [-0.2, -0.15) is 0 Å². The predicted molar refractivity (Wildman–Crippen MR) is 90.0 cm³/mol. The Labute approximate surface area is 130 Å². The topological polar surface area (TPSA) is 17.1 Å². The van der Waals surface area contributed by atoms with Crippen molar-refractivity contribution in [2.45, 2.75) is 84.0 Å². The highest BCUT2D eigenvalue weighted by Crippen LogP contribution is 2.23. The van der Waals surface area contributed by atoms with E-state index >= 15 is 0 Å². The summed E-state index contributed by atoms with van der Waals surface area (Å²) in [5, 5.41) is 0. The number of benzene rings is 1. The molecular formula is C20H30O. The Morgan fingerprint density at radius 3 is 2.33 bits per heavy atom. The lowest BCUT2D eigenvalue weighted by atomic mass is 9.89. The van der Waals surface area contributed by atoms with Crippen molar-refractivity contribution in [2.24, 2.45) is 0 Å². The molecule has 1 aliphatic rings. The molecule has 0 spiro atoms. The third-order valence-corrected chi connectivity index (χ3v) is 4.68. The lowest BCUT2D eigenvalue weighted by Gasteiger charge is -2.16. The van der Waals surface area contributed by atoms with Gasteiger partial charge in [0.2, 0.25) is 0 Å². The van der Waals surface area contributed by atoms with Crippen LogP contribution in [0.1, 0.15) is 92.6 Å². The molecule has 0 saturated carbocycles. The summed E-state index contributed by atoms with van der Waals surface area (Å²) in [6, 6.07) is 6.40. The maximum atomic E-state index is 12.3. The first-order chi connectivity index (χ1) is 10.3. The van der Waals surface area contributed by atoms with Crippen LogP contribution in [0, 0.1) is 0 Å². The van der Waals surface area contributed by atoms with Crippen LogP contribution in [0.3, 0.4) is 0 Å². The molecule has 0 radical (unpaired) electrons. The van der Waals surface area contributed by atoms with E-state index in [0.717, 1.165) is 24.8 Å². The van der Waals surface area contributed by atoms with Gasteiger partial charge >= 0.3 is 0 Å². The molecule has 0 unspecified atom stereocenters. The van der Waals surface area contributed by atoms with Crippen LogP contribution in [0.25, 0.3) is 0 Å². The summed E-state index contributed by atoms with van der Waals surface area (Å²) < 4.78 is 0. The van der Waals surface area contributed by atoms with E-state index in [0.29, 0.717) is 5.78 Å². The Morgan fingerprint density at radius 1 is 0.905 bits per heavy atom. The normalized spacial score (nSPS) is 14.0. The summed E-state index contributed by atoms with van der Waals surface area (Å²) in [7, 11) is 0. The molecule has 1 nitrogen and oxygen atoms in total. The highest BCUT2D eigenvalue weighted by atomic mass is 16.1. The first kappa shape index (κ1) is 16.3. The molecular weight excluding hydrogens is 256 g/mol. The van der Waals surface area contributed by atoms with Gasteiger partial charge < -0.3 is 0 Å². The van der Waals surface area contributed by atoms with Crippen LogP contribution in [0.2, 0.25) is 0 Å². The lowest BCUT2D eigenvalue weighted by Crippen LogP contribution is -2.06. The minimum atomic E-state index is 0.344. The Balaban J connectivity index is 1.71. The van der Waals surface area contributed by atoms with Crippen molar-refractivity contribution in [3.05, 3.63) is 34.9 Å². The van der Waals surface area contributed by atoms with E-state index in [1.165, 1.54) is 68.9 Å². The van der Waals surface area contributed by atoms with Gasteiger partial charge in [0.05, 0.1) is 0 Å². The van der Waals surface area contributed by atoms with E-state index in [1.807, 2.05) is 6.07 Å². The molecule has 0 heterocycles. The summed E-state index contributed by atoms with van der Waals surface area (Å²) >= 11 is 0. The molecule has 0 amide bonds. The van der Waals surface area contributed by atoms with Crippen molar-refractivity contribution in [1.82, 2.24) is 0 Å². The number of rotatable bonds is 9. The number of hydrogen-bond donors (Lipinski definition) is 0. The Kier molecular flexibility index (Phi) is 6.99. The zero-order valence-corrected chi connectivity index (χ0v) is 13.6. The summed E-state index contributed by atoms with van der Waals surface area (Å²) in [6.45, 7) is 2.25. The number of aryl methyl sites for hydroxylation is 2. The molecule has 0 aliphatic heterocycles. The predicted octanol–water partition coefficient (Wildman–Crippen LogP) is 5.89. The number of Topliss-reactive ketones (excluding diaryl/α,β-unsaturated/α-hetero) is 1. The van der Waals surface area contributed by atoms with Crippen molar-refractivity contribution in [1.29, 1.82) is 0 Å². The molecule has 0 aromatic heterocycles. The average Bonchev–Trinajstić information content (AvgIpc) is 2.53. The van der Waals surface area contributed by atoms with Crippen molar-refractivity contribution >= 4 is 5.78 Å². The second-order valence-corrected chi connectivity index (χ2v) is 6.49. The number of hydrogen-bond acceptors (Lipinski definition) is 1. The third-order valence-electron chi connectivity index (χ3n) is 4.68. The second kappa shape index (κ2) is 9.02. The minimum Gasteiger partial charge on any atom is -0.294 e. The highest BCUT2D eigenvalue weighted by Gasteiger charge is 2.12. The second-order valence-electron chi connectivity index (χ2n) is 6.49. The molecule has 0 N–H and O–H groups in total. The van der Waals surface area contributed by atoms with Crippen molar-refractivity contribution in [2.75, 3.05) is 0 Å². The fourth-order valence-electron chi connectivity index (χ4n) is 3.29. The van der Waals surface area contributed by atoms with E-state index in [2.05, 4.69) is 19.1 Å². The first-order valence-corrected chi connectivity index (χ1v) is 8.96. The number of fused-ring (bicyclic) bond motifs is 1. The van der Waals surface area contributed by atoms with E-state index in [9.17, 15) is 4.79 Å². The summed E-state index contributed by atoms with van der Waals surface area (Å²) in [6.07, 6.45) is 14.6. The first-order valence-electron chi connectivity index (χ1n) is 8.96. The maximum Gasteiger partial charge on any atom is 0.162 e. The van der Waals surface area contributed by atoms with Crippen LogP contribution < -0.4 is 0 Å². The fourth-order valence-corrected chi connectivity index (χ4v) is 3.29. The third kappa shape index (κ3) is 5.30. The summed E-state index contributed by atoms with van der Waals surface area (Å²) in [5.74, 6) is 0.344. The van der Waals surface area contributed by atoms with Crippen molar-refractivity contribution in [3.63, 3.8) is 0 Å². The quantitative estimate of drug-likeness (QED) is 0.408. The lowest BCUT2D eigenvalue weighted by molar-refractivity contribution is 0.0979. The van der Waals surface area contributed by atoms with Gasteiger partial charge in [-0.25, -0.2) is 0 Å². The van der Waals surface area contributed by atoms with Gasteiger partial charge in [-0.15, -0.1) is 0 Å². The molecule has 0 atom stereocenters. The number of carbonyl (C=O) groups is 1. The molecule has 1 aromatic rings. The van der Waals surface area contributed by atoms with Gasteiger partial charge in [-0.05, 0) is 49.3 Å². The zero-order chi connectivity index (χ0) is 14.9. The van der Waals surface area contributed by atoms with Crippen LogP contribution in [0.15, 0.2) is 18.2 Å². The molecule has 0 bridgehead atoms. The molecule has 116 valence electrons. The number of carbonyl (C=O) groups excluding carboxylic acids is 1. The van der Waals surface area contributed by atoms with Crippen LogP contribution >= 0.6 is 0 Å². The van der Waals surface area contributed by atoms with E-state index in [1.54, 1.807) is 0 Å². The Hall–Kier alpha value is -1.11. The van der Waals surface area contributed by atoms with Gasteiger partial charge in [0.1, 0.15) is 0 Å². The molecule has 0 fully saturated rings. The Bertz CT molecular complexity index is 447. The van der Waals surface area contributed by atoms with Crippen molar-refractivity contribution in [3.8, 4) is 0 Å². The smallest absolute Gasteiger partial charge is 0.162 e. The van der Waals surface area contributed by atoms with E-state index in [-0.39, 0.29) is 0 Å². The SMILES string of the molecule is CCCCCCCCCC(=O)c1ccc2c(c1)CCCC2. The number of unbranched alkanes of at least 4 members (excludes halogenated alkanes) is 6. The molecule has 1 heteroatoms. The van der Waals surface area contributed by atoms with E-state index < -0.39 is 0 Å². The summed E-state index contributed by atoms with van der Waals surface area (Å²) in [4.78, 5) is 12.3. The van der Waals surface area contributed by atoms with Crippen LogP contribution in [0.4, 0.5) is 0 Å². The average molecular weight is 286 g/mol. The summed E-state index contributed by atoms with van der Waals surface area (Å²) in [5.41, 5.74) is 3.84. The molecule has 1 aromatic carbocycles. The van der Waals surface area contributed by atoms with Gasteiger partial charge in [0.25, 0.3) is 0 Å². The van der Waals surface area contributed by atoms with Crippen LogP contribution in [0.5, 0.6) is 0 Å². The van der Waals surface area contributed by atoms with Gasteiger partial charge in [-0.1, -0.05) is 57.6 Å². The minimum absolute atomic E-state index is 0.344. The monoisotopic (exact) mass is 286 g/mol.